The van der Waals surface area contributed by atoms with Crippen molar-refractivity contribution in [2.75, 3.05) is 0 Å². The average molecular weight is 222 g/mol. The van der Waals surface area contributed by atoms with Crippen LogP contribution < -0.4 is 0 Å². The first kappa shape index (κ1) is 12.0. The lowest BCUT2D eigenvalue weighted by Gasteiger charge is -2.15. The van der Waals surface area contributed by atoms with Crippen LogP contribution in [-0.4, -0.2) is 17.4 Å². The highest BCUT2D eigenvalue weighted by molar-refractivity contribution is 5.25. The van der Waals surface area contributed by atoms with Gasteiger partial charge in [0.2, 0.25) is 0 Å². The van der Waals surface area contributed by atoms with Crippen molar-refractivity contribution in [1.29, 1.82) is 0 Å². The van der Waals surface area contributed by atoms with Gasteiger partial charge in [-0.2, -0.15) is 13.2 Å². The van der Waals surface area contributed by atoms with Gasteiger partial charge in [0.05, 0.1) is 0 Å². The largest absolute Gasteiger partial charge is 0.414 e. The van der Waals surface area contributed by atoms with Crippen LogP contribution in [0.25, 0.3) is 0 Å². The van der Waals surface area contributed by atoms with Crippen LogP contribution >= 0.6 is 0 Å². The quantitative estimate of drug-likeness (QED) is 0.762. The zero-order valence-corrected chi connectivity index (χ0v) is 7.98. The molecule has 0 aromatic heterocycles. The second kappa shape index (κ2) is 4.18. The van der Waals surface area contributed by atoms with Gasteiger partial charge in [-0.1, -0.05) is 18.2 Å². The Balaban J connectivity index is 2.86. The third kappa shape index (κ3) is 2.92. The lowest BCUT2D eigenvalue weighted by atomic mass is 10.0. The molecule has 1 rings (SSSR count). The van der Waals surface area contributed by atoms with Crippen molar-refractivity contribution in [3.63, 3.8) is 0 Å². The van der Waals surface area contributed by atoms with E-state index in [4.69, 9.17) is 5.11 Å². The highest BCUT2D eigenvalue weighted by Gasteiger charge is 2.38. The molecule has 1 aromatic rings. The van der Waals surface area contributed by atoms with Gasteiger partial charge in [0.25, 0.3) is 0 Å². The molecule has 0 aliphatic heterocycles. The second-order valence-electron chi connectivity index (χ2n) is 3.31. The lowest BCUT2D eigenvalue weighted by Crippen LogP contribution is -2.30. The molecular formula is C10H10F4O. The zero-order chi connectivity index (χ0) is 11.6. The SMILES string of the molecule is Cc1cccc(CC(O)C(F)(F)F)c1F. The van der Waals surface area contributed by atoms with Crippen molar-refractivity contribution in [3.05, 3.63) is 35.1 Å². The van der Waals surface area contributed by atoms with Crippen LogP contribution in [0, 0.1) is 12.7 Å². The van der Waals surface area contributed by atoms with E-state index in [0.29, 0.717) is 0 Å². The fraction of sp³-hybridized carbons (Fsp3) is 0.400. The second-order valence-corrected chi connectivity index (χ2v) is 3.31. The van der Waals surface area contributed by atoms with Crippen molar-refractivity contribution in [2.24, 2.45) is 0 Å². The standard InChI is InChI=1S/C10H10F4O/c1-6-3-2-4-7(9(6)11)5-8(15)10(12,13)14/h2-4,8,15H,5H2,1H3. The number of aliphatic hydroxyl groups excluding tert-OH is 1. The third-order valence-electron chi connectivity index (χ3n) is 2.06. The van der Waals surface area contributed by atoms with E-state index in [1.807, 2.05) is 0 Å². The maximum Gasteiger partial charge on any atom is 0.414 e. The first-order chi connectivity index (χ1) is 6.82. The smallest absolute Gasteiger partial charge is 0.383 e. The molecular weight excluding hydrogens is 212 g/mol. The van der Waals surface area contributed by atoms with Crippen molar-refractivity contribution >= 4 is 0 Å². The molecule has 0 amide bonds. The molecule has 0 bridgehead atoms. The highest BCUT2D eigenvalue weighted by Crippen LogP contribution is 2.24. The van der Waals surface area contributed by atoms with Crippen molar-refractivity contribution in [2.45, 2.75) is 25.6 Å². The van der Waals surface area contributed by atoms with Crippen LogP contribution in [0.5, 0.6) is 0 Å². The van der Waals surface area contributed by atoms with Gasteiger partial charge in [-0.15, -0.1) is 0 Å². The highest BCUT2D eigenvalue weighted by atomic mass is 19.4. The Bertz CT molecular complexity index is 346. The van der Waals surface area contributed by atoms with Gasteiger partial charge < -0.3 is 5.11 Å². The van der Waals surface area contributed by atoms with E-state index in [1.165, 1.54) is 25.1 Å². The Hall–Kier alpha value is -1.10. The van der Waals surface area contributed by atoms with Crippen molar-refractivity contribution < 1.29 is 22.7 Å². The number of benzene rings is 1. The van der Waals surface area contributed by atoms with Gasteiger partial charge in [0, 0.05) is 6.42 Å². The Kier molecular flexibility index (Phi) is 3.34. The number of hydrogen-bond acceptors (Lipinski definition) is 1. The van der Waals surface area contributed by atoms with Gasteiger partial charge in [0.1, 0.15) is 5.82 Å². The van der Waals surface area contributed by atoms with E-state index in [0.717, 1.165) is 0 Å². The molecule has 1 N–H and O–H groups in total. The van der Waals surface area contributed by atoms with Gasteiger partial charge in [-0.05, 0) is 18.1 Å². The molecule has 0 spiro atoms. The molecule has 0 radical (unpaired) electrons. The maximum atomic E-state index is 13.3. The molecule has 1 unspecified atom stereocenters. The van der Waals surface area contributed by atoms with Crippen LogP contribution in [0.4, 0.5) is 17.6 Å². The molecule has 0 aliphatic rings. The molecule has 1 aromatic carbocycles. The third-order valence-corrected chi connectivity index (χ3v) is 2.06. The summed E-state index contributed by atoms with van der Waals surface area (Å²) in [6.45, 7) is 1.46. The minimum absolute atomic E-state index is 0.125. The molecule has 0 saturated carbocycles. The fourth-order valence-corrected chi connectivity index (χ4v) is 1.19. The first-order valence-electron chi connectivity index (χ1n) is 4.31. The van der Waals surface area contributed by atoms with E-state index in [2.05, 4.69) is 0 Å². The number of hydrogen-bond donors (Lipinski definition) is 1. The Morgan fingerprint density at radius 3 is 2.47 bits per heavy atom. The number of halogens is 4. The van der Waals surface area contributed by atoms with Gasteiger partial charge in [0.15, 0.2) is 6.10 Å². The van der Waals surface area contributed by atoms with Crippen LogP contribution in [0.2, 0.25) is 0 Å². The molecule has 0 aliphatic carbocycles. The predicted molar refractivity (Wildman–Crippen MR) is 46.9 cm³/mol. The minimum Gasteiger partial charge on any atom is -0.383 e. The summed E-state index contributed by atoms with van der Waals surface area (Å²) in [4.78, 5) is 0. The normalized spacial score (nSPS) is 14.0. The molecule has 1 nitrogen and oxygen atoms in total. The van der Waals surface area contributed by atoms with E-state index in [9.17, 15) is 17.6 Å². The summed E-state index contributed by atoms with van der Waals surface area (Å²) in [7, 11) is 0. The number of aryl methyl sites for hydroxylation is 1. The Morgan fingerprint density at radius 2 is 1.93 bits per heavy atom. The van der Waals surface area contributed by atoms with E-state index < -0.39 is 24.5 Å². The predicted octanol–water partition coefficient (Wildman–Crippen LogP) is 2.60. The van der Waals surface area contributed by atoms with Crippen LogP contribution in [0.15, 0.2) is 18.2 Å². The van der Waals surface area contributed by atoms with Gasteiger partial charge >= 0.3 is 6.18 Å². The first-order valence-corrected chi connectivity index (χ1v) is 4.31. The summed E-state index contributed by atoms with van der Waals surface area (Å²) in [5.41, 5.74) is 0.140. The zero-order valence-electron chi connectivity index (χ0n) is 7.98. The fourth-order valence-electron chi connectivity index (χ4n) is 1.19. The molecule has 0 fully saturated rings. The summed E-state index contributed by atoms with van der Waals surface area (Å²) in [5.74, 6) is -0.694. The molecule has 0 saturated heterocycles. The van der Waals surface area contributed by atoms with Gasteiger partial charge in [-0.3, -0.25) is 0 Å². The number of rotatable bonds is 2. The Morgan fingerprint density at radius 1 is 1.33 bits per heavy atom. The molecule has 5 heteroatoms. The summed E-state index contributed by atoms with van der Waals surface area (Å²) >= 11 is 0. The molecule has 84 valence electrons. The van der Waals surface area contributed by atoms with Gasteiger partial charge in [-0.25, -0.2) is 4.39 Å². The number of aliphatic hydroxyl groups is 1. The van der Waals surface area contributed by atoms with E-state index >= 15 is 0 Å². The summed E-state index contributed by atoms with van der Waals surface area (Å²) in [6, 6.07) is 4.15. The topological polar surface area (TPSA) is 20.2 Å². The molecule has 0 heterocycles. The van der Waals surface area contributed by atoms with Crippen LogP contribution in [-0.2, 0) is 6.42 Å². The van der Waals surface area contributed by atoms with E-state index in [-0.39, 0.29) is 11.1 Å². The summed E-state index contributed by atoms with van der Waals surface area (Å²) in [5, 5.41) is 8.76. The van der Waals surface area contributed by atoms with Crippen LogP contribution in [0.3, 0.4) is 0 Å². The van der Waals surface area contributed by atoms with Crippen molar-refractivity contribution in [1.82, 2.24) is 0 Å². The lowest BCUT2D eigenvalue weighted by molar-refractivity contribution is -0.203. The molecule has 1 atom stereocenters. The summed E-state index contributed by atoms with van der Waals surface area (Å²) < 4.78 is 49.3. The average Bonchev–Trinajstić information content (AvgIpc) is 2.11. The maximum absolute atomic E-state index is 13.3. The number of alkyl halides is 3. The Labute approximate surface area is 84.3 Å². The molecule has 15 heavy (non-hydrogen) atoms. The monoisotopic (exact) mass is 222 g/mol. The minimum atomic E-state index is -4.71. The van der Waals surface area contributed by atoms with Crippen molar-refractivity contribution in [3.8, 4) is 0 Å². The summed E-state index contributed by atoms with van der Waals surface area (Å²) in [6.07, 6.45) is -7.98. The van der Waals surface area contributed by atoms with Crippen LogP contribution in [0.1, 0.15) is 11.1 Å². The van der Waals surface area contributed by atoms with E-state index in [1.54, 1.807) is 0 Å².